The second-order valence-electron chi connectivity index (χ2n) is 4.90. The predicted molar refractivity (Wildman–Crippen MR) is 77.8 cm³/mol. The van der Waals surface area contributed by atoms with Crippen molar-refractivity contribution in [3.05, 3.63) is 42.5 Å². The zero-order valence-corrected chi connectivity index (χ0v) is 12.1. The van der Waals surface area contributed by atoms with E-state index in [1.165, 1.54) is 30.3 Å². The van der Waals surface area contributed by atoms with Gasteiger partial charge in [-0.15, -0.1) is 6.58 Å². The first kappa shape index (κ1) is 14.8. The van der Waals surface area contributed by atoms with Gasteiger partial charge in [0.05, 0.1) is 16.5 Å². The molecule has 4 nitrogen and oxygen atoms in total. The summed E-state index contributed by atoms with van der Waals surface area (Å²) in [6.45, 7) is 5.26. The molecule has 0 aliphatic carbocycles. The first-order valence-corrected chi connectivity index (χ1v) is 8.25. The Balaban J connectivity index is 2.30. The number of likely N-dealkylation sites (tertiary alicyclic amines) is 1. The summed E-state index contributed by atoms with van der Waals surface area (Å²) in [5.41, 5.74) is 0.456. The highest BCUT2D eigenvalue weighted by molar-refractivity contribution is 7.92. The fourth-order valence-electron chi connectivity index (χ4n) is 2.50. The zero-order valence-electron chi connectivity index (χ0n) is 11.3. The fraction of sp³-hybridized carbons (Fsp3) is 0.400. The van der Waals surface area contributed by atoms with E-state index in [-0.39, 0.29) is 4.90 Å². The average Bonchev–Trinajstić information content (AvgIpc) is 2.49. The van der Waals surface area contributed by atoms with Gasteiger partial charge in [-0.3, -0.25) is 4.90 Å². The Kier molecular flexibility index (Phi) is 4.58. The Morgan fingerprint density at radius 3 is 2.30 bits per heavy atom. The van der Waals surface area contributed by atoms with Gasteiger partial charge >= 0.3 is 0 Å². The smallest absolute Gasteiger partial charge is 0.198 e. The Hall–Kier alpha value is -1.64. The lowest BCUT2D eigenvalue weighted by molar-refractivity contribution is 0.229. The van der Waals surface area contributed by atoms with Crippen LogP contribution < -0.4 is 0 Å². The van der Waals surface area contributed by atoms with Crippen molar-refractivity contribution in [2.75, 3.05) is 13.1 Å². The minimum Gasteiger partial charge on any atom is -0.284 e. The monoisotopic (exact) mass is 290 g/mol. The SMILES string of the molecule is C=CC(N1CCCCC1)S(=O)(=O)c1ccc(C#N)cc1. The lowest BCUT2D eigenvalue weighted by Gasteiger charge is -2.32. The van der Waals surface area contributed by atoms with Crippen molar-refractivity contribution < 1.29 is 8.42 Å². The highest BCUT2D eigenvalue weighted by Crippen LogP contribution is 2.23. The van der Waals surface area contributed by atoms with Crippen LogP contribution in [0.4, 0.5) is 0 Å². The second kappa shape index (κ2) is 6.21. The minimum atomic E-state index is -3.48. The number of sulfone groups is 1. The molecule has 0 radical (unpaired) electrons. The third-order valence-corrected chi connectivity index (χ3v) is 5.64. The summed E-state index contributed by atoms with van der Waals surface area (Å²) in [5.74, 6) is 0. The van der Waals surface area contributed by atoms with Crippen molar-refractivity contribution in [1.29, 1.82) is 5.26 Å². The Labute approximate surface area is 120 Å². The molecule has 0 spiro atoms. The number of nitrogens with zero attached hydrogens (tertiary/aromatic N) is 2. The van der Waals surface area contributed by atoms with Gasteiger partial charge in [0.15, 0.2) is 9.84 Å². The molecule has 0 saturated carbocycles. The van der Waals surface area contributed by atoms with Crippen LogP contribution in [0.1, 0.15) is 24.8 Å². The first-order valence-electron chi connectivity index (χ1n) is 6.70. The van der Waals surface area contributed by atoms with E-state index in [2.05, 4.69) is 6.58 Å². The van der Waals surface area contributed by atoms with Gasteiger partial charge in [0.2, 0.25) is 0 Å². The molecule has 0 N–H and O–H groups in total. The molecule has 106 valence electrons. The van der Waals surface area contributed by atoms with Crippen LogP contribution in [-0.4, -0.2) is 31.8 Å². The summed E-state index contributed by atoms with van der Waals surface area (Å²) >= 11 is 0. The van der Waals surface area contributed by atoms with Crippen LogP contribution >= 0.6 is 0 Å². The van der Waals surface area contributed by atoms with E-state index in [1.807, 2.05) is 11.0 Å². The van der Waals surface area contributed by atoms with Gasteiger partial charge in [-0.25, -0.2) is 8.42 Å². The van der Waals surface area contributed by atoms with E-state index in [4.69, 9.17) is 5.26 Å². The van der Waals surface area contributed by atoms with Gasteiger partial charge in [-0.1, -0.05) is 12.5 Å². The summed E-state index contributed by atoms with van der Waals surface area (Å²) in [6, 6.07) is 8.04. The lowest BCUT2D eigenvalue weighted by Crippen LogP contribution is -2.42. The zero-order chi connectivity index (χ0) is 14.6. The van der Waals surface area contributed by atoms with Crippen LogP contribution in [0.2, 0.25) is 0 Å². The maximum absolute atomic E-state index is 12.7. The minimum absolute atomic E-state index is 0.243. The summed E-state index contributed by atoms with van der Waals surface area (Å²) < 4.78 is 25.3. The molecule has 2 rings (SSSR count). The van der Waals surface area contributed by atoms with Crippen LogP contribution in [0.5, 0.6) is 0 Å². The summed E-state index contributed by atoms with van der Waals surface area (Å²) in [5, 5.41) is 8.08. The third kappa shape index (κ3) is 2.92. The number of benzene rings is 1. The molecule has 1 aromatic carbocycles. The molecule has 1 fully saturated rings. The molecule has 20 heavy (non-hydrogen) atoms. The van der Waals surface area contributed by atoms with Crippen LogP contribution in [0.25, 0.3) is 0 Å². The van der Waals surface area contributed by atoms with Crippen LogP contribution in [-0.2, 0) is 9.84 Å². The van der Waals surface area contributed by atoms with Gasteiger partial charge in [0.1, 0.15) is 5.37 Å². The topological polar surface area (TPSA) is 61.2 Å². The van der Waals surface area contributed by atoms with Crippen molar-refractivity contribution >= 4 is 9.84 Å². The van der Waals surface area contributed by atoms with E-state index >= 15 is 0 Å². The van der Waals surface area contributed by atoms with E-state index in [1.54, 1.807) is 0 Å². The number of nitriles is 1. The predicted octanol–water partition coefficient (Wildman–Crippen LogP) is 2.33. The van der Waals surface area contributed by atoms with Crippen LogP contribution in [0.15, 0.2) is 41.8 Å². The van der Waals surface area contributed by atoms with Gasteiger partial charge in [0, 0.05) is 0 Å². The van der Waals surface area contributed by atoms with Crippen molar-refractivity contribution in [3.63, 3.8) is 0 Å². The normalized spacial score (nSPS) is 18.1. The molecule has 0 bridgehead atoms. The number of piperidine rings is 1. The summed E-state index contributed by atoms with van der Waals surface area (Å²) in [4.78, 5) is 2.20. The highest BCUT2D eigenvalue weighted by atomic mass is 32.2. The van der Waals surface area contributed by atoms with E-state index < -0.39 is 15.2 Å². The molecular formula is C15H18N2O2S. The summed E-state index contributed by atoms with van der Waals surface area (Å²) in [6.07, 6.45) is 4.69. The van der Waals surface area contributed by atoms with Crippen molar-refractivity contribution in [2.45, 2.75) is 29.5 Å². The van der Waals surface area contributed by atoms with E-state index in [9.17, 15) is 8.42 Å². The molecule has 1 unspecified atom stereocenters. The van der Waals surface area contributed by atoms with E-state index in [0.717, 1.165) is 32.4 Å². The van der Waals surface area contributed by atoms with E-state index in [0.29, 0.717) is 5.56 Å². The number of hydrogen-bond donors (Lipinski definition) is 0. The average molecular weight is 290 g/mol. The highest BCUT2D eigenvalue weighted by Gasteiger charge is 2.31. The Morgan fingerprint density at radius 1 is 1.20 bits per heavy atom. The van der Waals surface area contributed by atoms with Crippen molar-refractivity contribution in [2.24, 2.45) is 0 Å². The summed E-state index contributed by atoms with van der Waals surface area (Å²) in [7, 11) is -3.48. The maximum atomic E-state index is 12.7. The number of rotatable bonds is 4. The Bertz CT molecular complexity index is 608. The largest absolute Gasteiger partial charge is 0.284 e. The molecular weight excluding hydrogens is 272 g/mol. The molecule has 0 aromatic heterocycles. The van der Waals surface area contributed by atoms with Crippen LogP contribution in [0, 0.1) is 11.3 Å². The molecule has 5 heteroatoms. The van der Waals surface area contributed by atoms with Gasteiger partial charge in [-0.05, 0) is 50.2 Å². The quantitative estimate of drug-likeness (QED) is 0.798. The fourth-order valence-corrected chi connectivity index (χ4v) is 4.15. The molecule has 1 heterocycles. The molecule has 1 aromatic rings. The molecule has 1 aliphatic rings. The molecule has 1 aliphatic heterocycles. The van der Waals surface area contributed by atoms with Crippen molar-refractivity contribution in [3.8, 4) is 6.07 Å². The Morgan fingerprint density at radius 2 is 1.80 bits per heavy atom. The lowest BCUT2D eigenvalue weighted by atomic mass is 10.1. The molecule has 0 amide bonds. The van der Waals surface area contributed by atoms with Gasteiger partial charge in [-0.2, -0.15) is 5.26 Å². The first-order chi connectivity index (χ1) is 9.59. The third-order valence-electron chi connectivity index (χ3n) is 3.58. The molecule has 1 atom stereocenters. The van der Waals surface area contributed by atoms with Gasteiger partial charge in [0.25, 0.3) is 0 Å². The second-order valence-corrected chi connectivity index (χ2v) is 6.95. The van der Waals surface area contributed by atoms with Gasteiger partial charge < -0.3 is 0 Å². The molecule has 1 saturated heterocycles. The van der Waals surface area contributed by atoms with Crippen LogP contribution in [0.3, 0.4) is 0 Å². The standard InChI is InChI=1S/C15H18N2O2S/c1-2-15(17-10-4-3-5-11-17)20(18,19)14-8-6-13(12-16)7-9-14/h2,6-9,15H,1,3-5,10-11H2. The maximum Gasteiger partial charge on any atom is 0.198 e. The van der Waals surface area contributed by atoms with Crippen molar-refractivity contribution in [1.82, 2.24) is 4.90 Å². The number of hydrogen-bond acceptors (Lipinski definition) is 4.